The Labute approximate surface area is 103 Å². The number of benzene rings is 1. The van der Waals surface area contributed by atoms with E-state index in [1.54, 1.807) is 17.8 Å². The molecule has 82 valence electrons. The molecule has 0 spiro atoms. The van der Waals surface area contributed by atoms with Gasteiger partial charge < -0.3 is 4.57 Å². The van der Waals surface area contributed by atoms with Gasteiger partial charge in [-0.25, -0.2) is 0 Å². The Morgan fingerprint density at radius 1 is 1.12 bits per heavy atom. The third-order valence-electron chi connectivity index (χ3n) is 2.61. The highest BCUT2D eigenvalue weighted by molar-refractivity contribution is 9.10. The number of hydrogen-bond donors (Lipinski definition) is 0. The molecule has 0 unspecified atom stereocenters. The fourth-order valence-electron chi connectivity index (χ4n) is 1.69. The van der Waals surface area contributed by atoms with Crippen molar-refractivity contribution in [1.29, 1.82) is 0 Å². The smallest absolute Gasteiger partial charge is 0.258 e. The number of pyridine rings is 1. The van der Waals surface area contributed by atoms with E-state index in [0.29, 0.717) is 0 Å². The van der Waals surface area contributed by atoms with Crippen molar-refractivity contribution in [2.75, 3.05) is 0 Å². The minimum atomic E-state index is 0.0438. The third-order valence-corrected chi connectivity index (χ3v) is 3.14. The van der Waals surface area contributed by atoms with Crippen LogP contribution in [0.5, 0.6) is 0 Å². The first kappa shape index (κ1) is 11.1. The highest BCUT2D eigenvalue weighted by Crippen LogP contribution is 2.21. The molecule has 1 aromatic carbocycles. The van der Waals surface area contributed by atoms with Gasteiger partial charge >= 0.3 is 0 Å². The summed E-state index contributed by atoms with van der Waals surface area (Å²) >= 11 is 3.39. The first-order chi connectivity index (χ1) is 7.59. The second kappa shape index (κ2) is 4.26. The number of nitrogens with zero attached hydrogens (tertiary/aromatic N) is 1. The Kier molecular flexibility index (Phi) is 2.97. The summed E-state index contributed by atoms with van der Waals surface area (Å²) in [4.78, 5) is 12.0. The van der Waals surface area contributed by atoms with Crippen LogP contribution in [0, 0.1) is 6.92 Å². The standard InChI is InChI=1S/C13H12BrNO/c1-9-7-8-15(2)13(16)12(9)10-3-5-11(14)6-4-10/h3-8H,1-2H3. The van der Waals surface area contributed by atoms with Gasteiger partial charge in [0.15, 0.2) is 0 Å². The fourth-order valence-corrected chi connectivity index (χ4v) is 1.95. The molecule has 2 aromatic rings. The zero-order chi connectivity index (χ0) is 11.7. The van der Waals surface area contributed by atoms with E-state index < -0.39 is 0 Å². The second-order valence-corrected chi connectivity index (χ2v) is 4.71. The summed E-state index contributed by atoms with van der Waals surface area (Å²) in [5.74, 6) is 0. The normalized spacial score (nSPS) is 10.4. The maximum absolute atomic E-state index is 12.0. The molecular weight excluding hydrogens is 266 g/mol. The number of rotatable bonds is 1. The van der Waals surface area contributed by atoms with Gasteiger partial charge in [0, 0.05) is 17.7 Å². The van der Waals surface area contributed by atoms with Crippen molar-refractivity contribution in [1.82, 2.24) is 4.57 Å². The van der Waals surface area contributed by atoms with Crippen LogP contribution in [0.4, 0.5) is 0 Å². The van der Waals surface area contributed by atoms with E-state index >= 15 is 0 Å². The summed E-state index contributed by atoms with van der Waals surface area (Å²) < 4.78 is 2.62. The molecule has 16 heavy (non-hydrogen) atoms. The van der Waals surface area contributed by atoms with E-state index in [9.17, 15) is 4.79 Å². The van der Waals surface area contributed by atoms with Gasteiger partial charge in [-0.15, -0.1) is 0 Å². The number of halogens is 1. The second-order valence-electron chi connectivity index (χ2n) is 3.80. The van der Waals surface area contributed by atoms with Crippen molar-refractivity contribution < 1.29 is 0 Å². The lowest BCUT2D eigenvalue weighted by atomic mass is 10.0. The SMILES string of the molecule is Cc1ccn(C)c(=O)c1-c1ccc(Br)cc1. The van der Waals surface area contributed by atoms with Gasteiger partial charge in [0.1, 0.15) is 0 Å². The highest BCUT2D eigenvalue weighted by Gasteiger charge is 2.07. The molecule has 3 heteroatoms. The van der Waals surface area contributed by atoms with E-state index in [-0.39, 0.29) is 5.56 Å². The van der Waals surface area contributed by atoms with Crippen molar-refractivity contribution in [3.8, 4) is 11.1 Å². The Balaban J connectivity index is 2.69. The molecule has 0 fully saturated rings. The first-order valence-corrected chi connectivity index (χ1v) is 5.81. The third kappa shape index (κ3) is 1.95. The Hall–Kier alpha value is -1.35. The van der Waals surface area contributed by atoms with Crippen LogP contribution in [0.2, 0.25) is 0 Å². The molecule has 2 nitrogen and oxygen atoms in total. The number of aryl methyl sites for hydroxylation is 2. The van der Waals surface area contributed by atoms with E-state index in [2.05, 4.69) is 15.9 Å². The van der Waals surface area contributed by atoms with Crippen LogP contribution in [0.3, 0.4) is 0 Å². The molecule has 0 atom stereocenters. The first-order valence-electron chi connectivity index (χ1n) is 5.02. The lowest BCUT2D eigenvalue weighted by molar-refractivity contribution is 0.859. The molecule has 2 rings (SSSR count). The molecule has 0 radical (unpaired) electrons. The quantitative estimate of drug-likeness (QED) is 0.785. The summed E-state index contributed by atoms with van der Waals surface area (Å²) in [5.41, 5.74) is 2.78. The van der Waals surface area contributed by atoms with Crippen LogP contribution >= 0.6 is 15.9 Å². The number of hydrogen-bond acceptors (Lipinski definition) is 1. The average molecular weight is 278 g/mol. The zero-order valence-corrected chi connectivity index (χ0v) is 10.8. The predicted octanol–water partition coefficient (Wildman–Crippen LogP) is 3.12. The van der Waals surface area contributed by atoms with Gasteiger partial charge in [0.05, 0.1) is 5.56 Å². The van der Waals surface area contributed by atoms with Crippen molar-refractivity contribution >= 4 is 15.9 Å². The Bertz CT molecular complexity index is 569. The molecule has 0 saturated carbocycles. The van der Waals surface area contributed by atoms with Crippen molar-refractivity contribution in [2.24, 2.45) is 7.05 Å². The summed E-state index contributed by atoms with van der Waals surface area (Å²) in [5, 5.41) is 0. The monoisotopic (exact) mass is 277 g/mol. The summed E-state index contributed by atoms with van der Waals surface area (Å²) in [7, 11) is 1.77. The van der Waals surface area contributed by atoms with Crippen LogP contribution in [-0.4, -0.2) is 4.57 Å². The largest absolute Gasteiger partial charge is 0.318 e. The van der Waals surface area contributed by atoms with Crippen LogP contribution in [0.1, 0.15) is 5.56 Å². The molecule has 0 aliphatic carbocycles. The Morgan fingerprint density at radius 2 is 1.75 bits per heavy atom. The van der Waals surface area contributed by atoms with Crippen LogP contribution < -0.4 is 5.56 Å². The summed E-state index contributed by atoms with van der Waals surface area (Å²) in [6, 6.07) is 9.75. The molecule has 0 bridgehead atoms. The van der Waals surface area contributed by atoms with E-state index in [0.717, 1.165) is 21.2 Å². The van der Waals surface area contributed by atoms with Crippen LogP contribution in [0.25, 0.3) is 11.1 Å². The predicted molar refractivity (Wildman–Crippen MR) is 69.6 cm³/mol. The molecule has 0 N–H and O–H groups in total. The zero-order valence-electron chi connectivity index (χ0n) is 9.20. The maximum atomic E-state index is 12.0. The van der Waals surface area contributed by atoms with Gasteiger partial charge in [0.2, 0.25) is 0 Å². The summed E-state index contributed by atoms with van der Waals surface area (Å²) in [6.45, 7) is 1.96. The molecule has 1 aromatic heterocycles. The van der Waals surface area contributed by atoms with Gasteiger partial charge in [0.25, 0.3) is 5.56 Å². The van der Waals surface area contributed by atoms with Crippen molar-refractivity contribution in [2.45, 2.75) is 6.92 Å². The summed E-state index contributed by atoms with van der Waals surface area (Å²) in [6.07, 6.45) is 1.79. The van der Waals surface area contributed by atoms with Crippen LogP contribution in [-0.2, 0) is 7.05 Å². The molecular formula is C13H12BrNO. The maximum Gasteiger partial charge on any atom is 0.258 e. The van der Waals surface area contributed by atoms with Gasteiger partial charge in [-0.05, 0) is 36.2 Å². The van der Waals surface area contributed by atoms with Crippen LogP contribution in [0.15, 0.2) is 45.8 Å². The average Bonchev–Trinajstić information content (AvgIpc) is 2.27. The number of aromatic nitrogens is 1. The van der Waals surface area contributed by atoms with E-state index in [1.165, 1.54) is 0 Å². The lowest BCUT2D eigenvalue weighted by Gasteiger charge is -2.07. The van der Waals surface area contributed by atoms with Crippen molar-refractivity contribution in [3.05, 3.63) is 56.9 Å². The molecule has 1 heterocycles. The molecule has 0 amide bonds. The van der Waals surface area contributed by atoms with E-state index in [4.69, 9.17) is 0 Å². The molecule has 0 saturated heterocycles. The lowest BCUT2D eigenvalue weighted by Crippen LogP contribution is -2.18. The molecule has 0 aliphatic heterocycles. The van der Waals surface area contributed by atoms with Gasteiger partial charge in [-0.1, -0.05) is 28.1 Å². The minimum Gasteiger partial charge on any atom is -0.318 e. The van der Waals surface area contributed by atoms with Crippen molar-refractivity contribution in [3.63, 3.8) is 0 Å². The van der Waals surface area contributed by atoms with E-state index in [1.807, 2.05) is 37.3 Å². The highest BCUT2D eigenvalue weighted by atomic mass is 79.9. The fraction of sp³-hybridized carbons (Fsp3) is 0.154. The Morgan fingerprint density at radius 3 is 2.38 bits per heavy atom. The molecule has 0 aliphatic rings. The topological polar surface area (TPSA) is 22.0 Å². The van der Waals surface area contributed by atoms with Gasteiger partial charge in [-0.3, -0.25) is 4.79 Å². The minimum absolute atomic E-state index is 0.0438. The van der Waals surface area contributed by atoms with Gasteiger partial charge in [-0.2, -0.15) is 0 Å².